The van der Waals surface area contributed by atoms with Crippen molar-refractivity contribution < 1.29 is 4.74 Å². The summed E-state index contributed by atoms with van der Waals surface area (Å²) in [7, 11) is 0. The van der Waals surface area contributed by atoms with E-state index in [1.54, 1.807) is 5.57 Å². The second-order valence-corrected chi connectivity index (χ2v) is 16.9. The number of hydrogen-bond acceptors (Lipinski definition) is 2. The van der Waals surface area contributed by atoms with Gasteiger partial charge in [0, 0.05) is 50.1 Å². The summed E-state index contributed by atoms with van der Waals surface area (Å²) in [5, 5.41) is 2.34. The number of para-hydroxylation sites is 2. The summed E-state index contributed by atoms with van der Waals surface area (Å²) in [4.78, 5) is 2.41. The SMILES string of the molecule is C=C/C(=C(\C=C)N(c1ccccc1)c1cc2c3cc4c(cc3n(-c3ccc(C(=C5CCC5)c5ccccc5)cc3)c2cc1C)C(C)(C)c1ccccc1O4)C1CCC1. The average molecular weight is 755 g/mol. The molecule has 1 aromatic heterocycles. The Morgan fingerprint density at radius 1 is 0.690 bits per heavy atom. The molecule has 2 saturated carbocycles. The molecule has 0 amide bonds. The number of rotatable bonds is 9. The summed E-state index contributed by atoms with van der Waals surface area (Å²) in [5.41, 5.74) is 16.9. The largest absolute Gasteiger partial charge is 0.457 e. The van der Waals surface area contributed by atoms with Gasteiger partial charge in [0.25, 0.3) is 0 Å². The summed E-state index contributed by atoms with van der Waals surface area (Å²) in [6, 6.07) is 48.9. The van der Waals surface area contributed by atoms with Gasteiger partial charge in [0.15, 0.2) is 0 Å². The van der Waals surface area contributed by atoms with E-state index in [4.69, 9.17) is 4.74 Å². The minimum atomic E-state index is -0.249. The third kappa shape index (κ3) is 5.78. The third-order valence-electron chi connectivity index (χ3n) is 13.2. The van der Waals surface area contributed by atoms with Crippen molar-refractivity contribution in [3.63, 3.8) is 0 Å². The van der Waals surface area contributed by atoms with Crippen molar-refractivity contribution in [2.75, 3.05) is 4.90 Å². The first kappa shape index (κ1) is 36.0. The molecule has 0 radical (unpaired) electrons. The summed E-state index contributed by atoms with van der Waals surface area (Å²) in [6.07, 6.45) is 11.3. The van der Waals surface area contributed by atoms with Crippen LogP contribution in [-0.2, 0) is 5.41 Å². The fourth-order valence-electron chi connectivity index (χ4n) is 9.69. The Morgan fingerprint density at radius 3 is 2.00 bits per heavy atom. The first-order chi connectivity index (χ1) is 28.4. The van der Waals surface area contributed by atoms with Crippen LogP contribution < -0.4 is 9.64 Å². The Balaban J connectivity index is 1.22. The molecule has 0 N–H and O–H groups in total. The van der Waals surface area contributed by atoms with Crippen molar-refractivity contribution in [2.24, 2.45) is 5.92 Å². The van der Waals surface area contributed by atoms with Crippen LogP contribution in [-0.4, -0.2) is 4.57 Å². The molecule has 2 fully saturated rings. The van der Waals surface area contributed by atoms with Gasteiger partial charge < -0.3 is 14.2 Å². The Kier molecular flexibility index (Phi) is 8.86. The first-order valence-corrected chi connectivity index (χ1v) is 21.0. The topological polar surface area (TPSA) is 17.4 Å². The monoisotopic (exact) mass is 754 g/mol. The summed E-state index contributed by atoms with van der Waals surface area (Å²) in [5.74, 6) is 2.33. The van der Waals surface area contributed by atoms with Crippen LogP contribution in [0.15, 0.2) is 176 Å². The standard InChI is InChI=1S/C55H50N2O/c1-6-43(37-20-16-21-37)48(7-2)56(41-24-12-9-13-25-41)49-33-44-45-34-53-47(55(4,5)46-26-14-15-27-52(46)58-53)35-51(45)57(50(44)32-36(49)3)42-30-28-40(29-31-42)54(39-22-17-23-39)38-18-10-8-11-19-38/h6-15,18-19,24-35,37H,1-2,16-17,20-23H2,3-5H3/b48-43-. The van der Waals surface area contributed by atoms with Gasteiger partial charge in [-0.25, -0.2) is 0 Å². The van der Waals surface area contributed by atoms with E-state index in [0.29, 0.717) is 5.92 Å². The molecule has 0 bridgehead atoms. The van der Waals surface area contributed by atoms with Gasteiger partial charge in [-0.3, -0.25) is 0 Å². The van der Waals surface area contributed by atoms with Crippen molar-refractivity contribution in [2.45, 2.75) is 64.7 Å². The fraction of sp³-hybridized carbons (Fsp3) is 0.200. The predicted octanol–water partition coefficient (Wildman–Crippen LogP) is 15.1. The molecular weight excluding hydrogens is 705 g/mol. The van der Waals surface area contributed by atoms with Crippen LogP contribution in [0.5, 0.6) is 11.5 Å². The first-order valence-electron chi connectivity index (χ1n) is 21.0. The molecule has 0 saturated heterocycles. The highest BCUT2D eigenvalue weighted by Gasteiger charge is 2.35. The molecule has 2 heterocycles. The number of fused-ring (bicyclic) bond motifs is 5. The second kappa shape index (κ2) is 14.3. The number of aryl methyl sites for hydroxylation is 1. The van der Waals surface area contributed by atoms with E-state index < -0.39 is 0 Å². The molecule has 3 aliphatic rings. The van der Waals surface area contributed by atoms with Gasteiger partial charge in [-0.05, 0) is 133 Å². The Morgan fingerprint density at radius 2 is 1.34 bits per heavy atom. The van der Waals surface area contributed by atoms with Crippen LogP contribution >= 0.6 is 0 Å². The van der Waals surface area contributed by atoms with Crippen LogP contribution in [0.1, 0.15) is 80.2 Å². The summed E-state index contributed by atoms with van der Waals surface area (Å²) < 4.78 is 9.24. The third-order valence-corrected chi connectivity index (χ3v) is 13.2. The number of aromatic nitrogens is 1. The molecule has 3 nitrogen and oxygen atoms in total. The van der Waals surface area contributed by atoms with E-state index in [1.807, 2.05) is 6.08 Å². The quantitative estimate of drug-likeness (QED) is 0.137. The Labute approximate surface area is 342 Å². The van der Waals surface area contributed by atoms with Crippen LogP contribution in [0.4, 0.5) is 11.4 Å². The van der Waals surface area contributed by atoms with E-state index in [2.05, 4.69) is 183 Å². The fourth-order valence-corrected chi connectivity index (χ4v) is 9.69. The lowest BCUT2D eigenvalue weighted by atomic mass is 9.75. The van der Waals surface area contributed by atoms with E-state index in [9.17, 15) is 0 Å². The lowest BCUT2D eigenvalue weighted by Gasteiger charge is -2.34. The highest BCUT2D eigenvalue weighted by Crippen LogP contribution is 2.51. The van der Waals surface area contributed by atoms with Crippen molar-refractivity contribution in [1.29, 1.82) is 0 Å². The number of anilines is 2. The van der Waals surface area contributed by atoms with Crippen LogP contribution in [0.3, 0.4) is 0 Å². The Bertz CT molecular complexity index is 2810. The maximum atomic E-state index is 6.77. The van der Waals surface area contributed by atoms with Gasteiger partial charge in [-0.2, -0.15) is 0 Å². The Hall–Kier alpha value is -6.32. The normalized spacial score (nSPS) is 16.0. The van der Waals surface area contributed by atoms with Gasteiger partial charge >= 0.3 is 0 Å². The van der Waals surface area contributed by atoms with Gasteiger partial charge in [0.05, 0.1) is 11.0 Å². The molecule has 7 aromatic rings. The number of benzene rings is 6. The lowest BCUT2D eigenvalue weighted by molar-refractivity contribution is 0.372. The zero-order valence-corrected chi connectivity index (χ0v) is 33.9. The number of hydrogen-bond donors (Lipinski definition) is 0. The highest BCUT2D eigenvalue weighted by molar-refractivity contribution is 6.12. The molecule has 286 valence electrons. The molecule has 0 spiro atoms. The van der Waals surface area contributed by atoms with Gasteiger partial charge in [-0.1, -0.05) is 124 Å². The molecule has 3 heteroatoms. The van der Waals surface area contributed by atoms with Crippen LogP contribution in [0.25, 0.3) is 33.1 Å². The number of nitrogens with zero attached hydrogens (tertiary/aromatic N) is 2. The van der Waals surface area contributed by atoms with Crippen molar-refractivity contribution in [3.8, 4) is 17.2 Å². The molecule has 1 aliphatic heterocycles. The average Bonchev–Trinajstić information content (AvgIpc) is 3.51. The maximum Gasteiger partial charge on any atom is 0.132 e. The van der Waals surface area contributed by atoms with Crippen LogP contribution in [0, 0.1) is 12.8 Å². The predicted molar refractivity (Wildman–Crippen MR) is 244 cm³/mol. The molecule has 58 heavy (non-hydrogen) atoms. The molecule has 6 aromatic carbocycles. The smallest absolute Gasteiger partial charge is 0.132 e. The minimum Gasteiger partial charge on any atom is -0.457 e. The second-order valence-electron chi connectivity index (χ2n) is 16.9. The molecule has 2 aliphatic carbocycles. The zero-order chi connectivity index (χ0) is 39.5. The van der Waals surface area contributed by atoms with E-state index in [-0.39, 0.29) is 5.41 Å². The van der Waals surface area contributed by atoms with Gasteiger partial charge in [0.1, 0.15) is 11.5 Å². The van der Waals surface area contributed by atoms with Crippen molar-refractivity contribution >= 4 is 38.8 Å². The van der Waals surface area contributed by atoms with E-state index in [1.165, 1.54) is 93.9 Å². The lowest BCUT2D eigenvalue weighted by Crippen LogP contribution is -2.24. The number of ether oxygens (including phenoxy) is 1. The van der Waals surface area contributed by atoms with Gasteiger partial charge in [0.2, 0.25) is 0 Å². The summed E-state index contributed by atoms with van der Waals surface area (Å²) in [6.45, 7) is 15.6. The highest BCUT2D eigenvalue weighted by atomic mass is 16.5. The van der Waals surface area contributed by atoms with Crippen molar-refractivity contribution in [3.05, 3.63) is 203 Å². The minimum absolute atomic E-state index is 0.249. The van der Waals surface area contributed by atoms with Gasteiger partial charge in [-0.15, -0.1) is 0 Å². The zero-order valence-electron chi connectivity index (χ0n) is 33.9. The van der Waals surface area contributed by atoms with E-state index >= 15 is 0 Å². The summed E-state index contributed by atoms with van der Waals surface area (Å²) >= 11 is 0. The maximum absolute atomic E-state index is 6.77. The molecule has 0 unspecified atom stereocenters. The molecule has 10 rings (SSSR count). The van der Waals surface area contributed by atoms with Crippen molar-refractivity contribution in [1.82, 2.24) is 4.57 Å². The van der Waals surface area contributed by atoms with E-state index in [0.717, 1.165) is 39.6 Å². The van der Waals surface area contributed by atoms with Crippen LogP contribution in [0.2, 0.25) is 0 Å². The molecular formula is C55H50N2O. The number of allylic oxidation sites excluding steroid dienone is 4. The molecule has 0 atom stereocenters.